The number of aryl methyl sites for hydroxylation is 1. The summed E-state index contributed by atoms with van der Waals surface area (Å²) in [6.07, 6.45) is 2.27. The van der Waals surface area contributed by atoms with Gasteiger partial charge in [-0.25, -0.2) is 4.98 Å². The summed E-state index contributed by atoms with van der Waals surface area (Å²) in [7, 11) is 0. The maximum absolute atomic E-state index is 12.5. The average Bonchev–Trinajstić information content (AvgIpc) is 3.28. The Kier molecular flexibility index (Phi) is 5.69. The number of halogens is 1. The van der Waals surface area contributed by atoms with Crippen LogP contribution in [0.1, 0.15) is 18.2 Å². The Hall–Kier alpha value is -2.64. The fraction of sp³-hybridized carbons (Fsp3) is 0.182. The normalized spacial score (nSPS) is 11.0. The van der Waals surface area contributed by atoms with E-state index in [0.29, 0.717) is 6.61 Å². The van der Waals surface area contributed by atoms with E-state index in [0.717, 1.165) is 43.4 Å². The zero-order valence-corrected chi connectivity index (χ0v) is 18.5. The van der Waals surface area contributed by atoms with Crippen molar-refractivity contribution in [2.45, 2.75) is 20.3 Å². The van der Waals surface area contributed by atoms with Gasteiger partial charge < -0.3 is 10.1 Å². The number of carbonyl (C=O) groups is 1. The van der Waals surface area contributed by atoms with Crippen LogP contribution in [0, 0.1) is 6.92 Å². The van der Waals surface area contributed by atoms with Crippen molar-refractivity contribution in [3.8, 4) is 17.0 Å². The van der Waals surface area contributed by atoms with Crippen LogP contribution in [0.4, 0.5) is 5.69 Å². The maximum Gasteiger partial charge on any atom is 0.230 e. The number of nitrogens with zero attached hydrogens (tertiary/aromatic N) is 2. The molecule has 0 saturated heterocycles. The first kappa shape index (κ1) is 19.7. The molecule has 29 heavy (non-hydrogen) atoms. The molecule has 0 radical (unpaired) electrons. The molecule has 0 unspecified atom stereocenters. The van der Waals surface area contributed by atoms with Crippen LogP contribution in [0.2, 0.25) is 0 Å². The van der Waals surface area contributed by atoms with Crippen molar-refractivity contribution < 1.29 is 9.53 Å². The van der Waals surface area contributed by atoms with Gasteiger partial charge in [0.05, 0.1) is 18.7 Å². The van der Waals surface area contributed by atoms with Crippen LogP contribution in [-0.4, -0.2) is 21.9 Å². The third-order valence-corrected chi connectivity index (χ3v) is 6.31. The van der Waals surface area contributed by atoms with E-state index in [1.54, 1.807) is 0 Å². The van der Waals surface area contributed by atoms with Gasteiger partial charge in [-0.2, -0.15) is 0 Å². The zero-order chi connectivity index (χ0) is 20.4. The number of anilines is 1. The van der Waals surface area contributed by atoms with Crippen LogP contribution in [-0.2, 0) is 11.2 Å². The van der Waals surface area contributed by atoms with E-state index >= 15 is 0 Å². The summed E-state index contributed by atoms with van der Waals surface area (Å²) in [5.41, 5.74) is 4.69. The lowest BCUT2D eigenvalue weighted by atomic mass is 10.1. The Bertz CT molecular complexity index is 1160. The quantitative estimate of drug-likeness (QED) is 0.393. The van der Waals surface area contributed by atoms with E-state index in [-0.39, 0.29) is 12.3 Å². The number of benzene rings is 2. The van der Waals surface area contributed by atoms with Crippen LogP contribution in [0.3, 0.4) is 0 Å². The molecule has 2 aromatic carbocycles. The summed E-state index contributed by atoms with van der Waals surface area (Å²) < 4.78 is 8.51. The number of amides is 1. The second kappa shape index (κ2) is 8.39. The predicted octanol–water partition coefficient (Wildman–Crippen LogP) is 5.71. The molecule has 4 rings (SSSR count). The molecule has 0 aliphatic carbocycles. The Balaban J connectivity index is 1.51. The summed E-state index contributed by atoms with van der Waals surface area (Å²) in [4.78, 5) is 18.1. The number of hydrogen-bond acceptors (Lipinski definition) is 4. The van der Waals surface area contributed by atoms with Gasteiger partial charge in [-0.15, -0.1) is 11.3 Å². The Morgan fingerprint density at radius 3 is 2.76 bits per heavy atom. The van der Waals surface area contributed by atoms with Crippen molar-refractivity contribution in [2.75, 3.05) is 11.9 Å². The van der Waals surface area contributed by atoms with Gasteiger partial charge >= 0.3 is 0 Å². The van der Waals surface area contributed by atoms with Crippen molar-refractivity contribution >= 4 is 43.8 Å². The van der Waals surface area contributed by atoms with Gasteiger partial charge in [-0.3, -0.25) is 9.20 Å². The number of rotatable bonds is 6. The number of ether oxygens (including phenoxy) is 1. The first-order valence-electron chi connectivity index (χ1n) is 9.28. The molecule has 0 aliphatic heterocycles. The van der Waals surface area contributed by atoms with Crippen molar-refractivity contribution in [1.29, 1.82) is 0 Å². The standard InChI is InChI=1S/C22H20BrN3O2S/c1-3-28-18-7-4-15(5-8-18)20-12-26-17(13-29-22(26)25-20)11-21(27)24-16-6-9-19(23)14(2)10-16/h4-10,12-13H,3,11H2,1-2H3,(H,24,27). The topological polar surface area (TPSA) is 55.6 Å². The fourth-order valence-corrected chi connectivity index (χ4v) is 4.20. The number of aromatic nitrogens is 2. The molecule has 1 N–H and O–H groups in total. The summed E-state index contributed by atoms with van der Waals surface area (Å²) in [5.74, 6) is 0.792. The van der Waals surface area contributed by atoms with Gasteiger partial charge in [0, 0.05) is 33.0 Å². The van der Waals surface area contributed by atoms with Gasteiger partial charge in [0.15, 0.2) is 4.96 Å². The molecule has 148 valence electrons. The first-order valence-corrected chi connectivity index (χ1v) is 11.0. The monoisotopic (exact) mass is 469 g/mol. The van der Waals surface area contributed by atoms with E-state index in [9.17, 15) is 4.79 Å². The van der Waals surface area contributed by atoms with Gasteiger partial charge in [0.2, 0.25) is 5.91 Å². The molecule has 0 bridgehead atoms. The molecule has 2 aromatic heterocycles. The molecule has 0 saturated carbocycles. The van der Waals surface area contributed by atoms with Crippen LogP contribution in [0.25, 0.3) is 16.2 Å². The maximum atomic E-state index is 12.5. The number of carbonyl (C=O) groups excluding carboxylic acids is 1. The predicted molar refractivity (Wildman–Crippen MR) is 121 cm³/mol. The highest BCUT2D eigenvalue weighted by molar-refractivity contribution is 9.10. The minimum atomic E-state index is -0.0530. The largest absolute Gasteiger partial charge is 0.494 e. The molecule has 2 heterocycles. The lowest BCUT2D eigenvalue weighted by Gasteiger charge is -2.07. The Morgan fingerprint density at radius 2 is 2.03 bits per heavy atom. The number of fused-ring (bicyclic) bond motifs is 1. The molecule has 0 aliphatic rings. The highest BCUT2D eigenvalue weighted by Gasteiger charge is 2.13. The third-order valence-electron chi connectivity index (χ3n) is 4.53. The third kappa shape index (κ3) is 4.36. The SMILES string of the molecule is CCOc1ccc(-c2cn3c(CC(=O)Nc4ccc(Br)c(C)c4)csc3n2)cc1. The number of nitrogens with one attached hydrogen (secondary N) is 1. The zero-order valence-electron chi connectivity index (χ0n) is 16.1. The van der Waals surface area contributed by atoms with E-state index in [1.165, 1.54) is 11.3 Å². The van der Waals surface area contributed by atoms with E-state index in [4.69, 9.17) is 9.72 Å². The van der Waals surface area contributed by atoms with Crippen LogP contribution >= 0.6 is 27.3 Å². The van der Waals surface area contributed by atoms with Gasteiger partial charge in [0.25, 0.3) is 0 Å². The molecule has 7 heteroatoms. The van der Waals surface area contributed by atoms with E-state index < -0.39 is 0 Å². The lowest BCUT2D eigenvalue weighted by Crippen LogP contribution is -2.15. The average molecular weight is 470 g/mol. The molecule has 0 spiro atoms. The Labute approximate surface area is 181 Å². The van der Waals surface area contributed by atoms with Crippen LogP contribution < -0.4 is 10.1 Å². The van der Waals surface area contributed by atoms with Crippen molar-refractivity contribution in [2.24, 2.45) is 0 Å². The van der Waals surface area contributed by atoms with E-state index in [2.05, 4.69) is 21.2 Å². The van der Waals surface area contributed by atoms with Crippen LogP contribution in [0.5, 0.6) is 5.75 Å². The van der Waals surface area contributed by atoms with Gasteiger partial charge in [0.1, 0.15) is 5.75 Å². The summed E-state index contributed by atoms with van der Waals surface area (Å²) in [6.45, 7) is 4.61. The summed E-state index contributed by atoms with van der Waals surface area (Å²) in [6, 6.07) is 13.7. The molecule has 0 atom stereocenters. The van der Waals surface area contributed by atoms with Crippen molar-refractivity contribution in [1.82, 2.24) is 9.38 Å². The van der Waals surface area contributed by atoms with Gasteiger partial charge in [-0.05, 0) is 61.9 Å². The lowest BCUT2D eigenvalue weighted by molar-refractivity contribution is -0.115. The van der Waals surface area contributed by atoms with Gasteiger partial charge in [-0.1, -0.05) is 15.9 Å². The molecular weight excluding hydrogens is 450 g/mol. The molecule has 0 fully saturated rings. The van der Waals surface area contributed by atoms with Crippen molar-refractivity contribution in [3.63, 3.8) is 0 Å². The molecule has 1 amide bonds. The highest BCUT2D eigenvalue weighted by atomic mass is 79.9. The molecule has 5 nitrogen and oxygen atoms in total. The smallest absolute Gasteiger partial charge is 0.230 e. The first-order chi connectivity index (χ1) is 14.0. The summed E-state index contributed by atoms with van der Waals surface area (Å²) >= 11 is 5.01. The number of imidazole rings is 1. The second-order valence-electron chi connectivity index (χ2n) is 6.65. The van der Waals surface area contributed by atoms with Crippen LogP contribution in [0.15, 0.2) is 58.5 Å². The van der Waals surface area contributed by atoms with E-state index in [1.807, 2.05) is 72.3 Å². The molecular formula is C22H20BrN3O2S. The minimum Gasteiger partial charge on any atom is -0.494 e. The Morgan fingerprint density at radius 1 is 1.24 bits per heavy atom. The highest BCUT2D eigenvalue weighted by Crippen LogP contribution is 2.26. The molecule has 4 aromatic rings. The number of thiazole rings is 1. The van der Waals surface area contributed by atoms with Crippen molar-refractivity contribution in [3.05, 3.63) is 69.8 Å². The number of hydrogen-bond donors (Lipinski definition) is 1. The second-order valence-corrected chi connectivity index (χ2v) is 8.34. The summed E-state index contributed by atoms with van der Waals surface area (Å²) in [5, 5.41) is 4.95. The minimum absolute atomic E-state index is 0.0530. The fourth-order valence-electron chi connectivity index (χ4n) is 3.08.